The monoisotopic (exact) mass is 521 g/mol. The molecule has 0 saturated carbocycles. The van der Waals surface area contributed by atoms with E-state index in [0.717, 1.165) is 11.9 Å². The van der Waals surface area contributed by atoms with E-state index in [1.165, 1.54) is 39.3 Å². The number of hydrogen-bond donors (Lipinski definition) is 0. The Hall–Kier alpha value is -4.15. The van der Waals surface area contributed by atoms with Gasteiger partial charge in [0.25, 0.3) is 0 Å². The van der Waals surface area contributed by atoms with Gasteiger partial charge in [0, 0.05) is 28.1 Å². The molecule has 4 aromatic carbocycles. The molecule has 1 heterocycles. The van der Waals surface area contributed by atoms with Crippen LogP contribution in [0.5, 0.6) is 0 Å². The Labute approximate surface area is 235 Å². The summed E-state index contributed by atoms with van der Waals surface area (Å²) >= 11 is 0. The molecular formula is C35H34BN2Si. The third-order valence-electron chi connectivity index (χ3n) is 6.94. The molecule has 39 heavy (non-hydrogen) atoms. The molecule has 0 aliphatic rings. The molecule has 4 heteroatoms. The second-order valence-corrected chi connectivity index (χ2v) is 11.7. The molecule has 0 amide bonds. The van der Waals surface area contributed by atoms with E-state index in [9.17, 15) is 0 Å². The lowest BCUT2D eigenvalue weighted by molar-refractivity contribution is 0.806. The molecule has 1 atom stereocenters. The van der Waals surface area contributed by atoms with Crippen LogP contribution in [0.4, 0.5) is 0 Å². The van der Waals surface area contributed by atoms with E-state index >= 15 is 0 Å². The smallest absolute Gasteiger partial charge is 0.241 e. The molecule has 0 aliphatic carbocycles. The fourth-order valence-corrected chi connectivity index (χ4v) is 6.61. The van der Waals surface area contributed by atoms with E-state index in [4.69, 9.17) is 4.98 Å². The van der Waals surface area contributed by atoms with Gasteiger partial charge in [0.1, 0.15) is 0 Å². The molecule has 0 N–H and O–H groups in total. The van der Waals surface area contributed by atoms with E-state index in [1.807, 2.05) is 6.20 Å². The van der Waals surface area contributed by atoms with Crippen molar-refractivity contribution < 1.29 is 0 Å². The van der Waals surface area contributed by atoms with Crippen LogP contribution in [0.25, 0.3) is 17.1 Å². The minimum atomic E-state index is -0.344. The molecule has 191 valence electrons. The first-order valence-electron chi connectivity index (χ1n) is 13.8. The lowest BCUT2D eigenvalue weighted by atomic mass is 9.65. The number of hydrogen-bond acceptors (Lipinski definition) is 1. The molecule has 1 unspecified atom stereocenters. The molecule has 5 aromatic rings. The van der Waals surface area contributed by atoms with Crippen LogP contribution >= 0.6 is 0 Å². The van der Waals surface area contributed by atoms with Gasteiger partial charge in [-0.3, -0.25) is 4.98 Å². The zero-order valence-electron chi connectivity index (χ0n) is 22.5. The number of imidazole rings is 1. The zero-order valence-corrected chi connectivity index (χ0v) is 23.9. The molecule has 1 aromatic heterocycles. The Kier molecular flexibility index (Phi) is 9.22. The van der Waals surface area contributed by atoms with Gasteiger partial charge < -0.3 is 4.57 Å². The summed E-state index contributed by atoms with van der Waals surface area (Å²) in [5, 5.41) is 0. The summed E-state index contributed by atoms with van der Waals surface area (Å²) in [7, 11) is 1.88. The Morgan fingerprint density at radius 2 is 1.31 bits per heavy atom. The molecule has 0 bridgehead atoms. The normalized spacial score (nSPS) is 12.4. The first kappa shape index (κ1) is 26.5. The summed E-state index contributed by atoms with van der Waals surface area (Å²) in [4.78, 5) is 4.73. The molecule has 0 saturated heterocycles. The van der Waals surface area contributed by atoms with Crippen molar-refractivity contribution in [2.24, 2.45) is 5.92 Å². The highest BCUT2D eigenvalue weighted by Crippen LogP contribution is 2.26. The van der Waals surface area contributed by atoms with Gasteiger partial charge in [0.15, 0.2) is 0 Å². The fraction of sp³-hybridized carbons (Fsp3) is 0.114. The second kappa shape index (κ2) is 13.6. The van der Waals surface area contributed by atoms with Crippen molar-refractivity contribution >= 4 is 39.6 Å². The number of benzene rings is 4. The van der Waals surface area contributed by atoms with Gasteiger partial charge >= 0.3 is 0 Å². The largest absolute Gasteiger partial charge is 0.347 e. The summed E-state index contributed by atoms with van der Waals surface area (Å²) in [6, 6.07) is 43.8. The predicted octanol–water partition coefficient (Wildman–Crippen LogP) is 6.72. The summed E-state index contributed by atoms with van der Waals surface area (Å²) in [5.74, 6) is 0.515. The van der Waals surface area contributed by atoms with Crippen LogP contribution in [-0.2, 0) is 6.17 Å². The number of aromatic nitrogens is 2. The van der Waals surface area contributed by atoms with E-state index < -0.39 is 0 Å². The minimum Gasteiger partial charge on any atom is -0.347 e. The molecule has 0 spiro atoms. The summed E-state index contributed by atoms with van der Waals surface area (Å²) in [5.41, 5.74) is 8.46. The Morgan fingerprint density at radius 1 is 0.769 bits per heavy atom. The summed E-state index contributed by atoms with van der Waals surface area (Å²) in [6.45, 7) is 2.36. The molecule has 0 fully saturated rings. The van der Waals surface area contributed by atoms with Crippen molar-refractivity contribution in [3.8, 4) is 0 Å². The van der Waals surface area contributed by atoms with Crippen LogP contribution in [0.15, 0.2) is 140 Å². The highest BCUT2D eigenvalue weighted by atomic mass is 28.2. The van der Waals surface area contributed by atoms with Gasteiger partial charge in [-0.25, -0.2) is 0 Å². The molecule has 1 radical (unpaired) electrons. The zero-order chi connectivity index (χ0) is 26.7. The minimum absolute atomic E-state index is 0.344. The lowest BCUT2D eigenvalue weighted by Crippen LogP contribution is -2.29. The highest BCUT2D eigenvalue weighted by molar-refractivity contribution is 6.73. The Balaban J connectivity index is 1.28. The van der Waals surface area contributed by atoms with E-state index in [0.29, 0.717) is 5.92 Å². The van der Waals surface area contributed by atoms with Gasteiger partial charge in [-0.05, 0) is 33.7 Å². The SMILES string of the molecule is CC(C=C(c1ccccc1)c1ccccc1)C[SiH2]Cn1ccnc1[B]C(=Cc1ccccc1)c1ccccc1. The molecule has 0 aliphatic heterocycles. The van der Waals surface area contributed by atoms with Crippen LogP contribution < -0.4 is 5.72 Å². The van der Waals surface area contributed by atoms with E-state index in [2.05, 4.69) is 158 Å². The maximum absolute atomic E-state index is 4.73. The average molecular weight is 522 g/mol. The molecule has 5 rings (SSSR count). The van der Waals surface area contributed by atoms with Crippen LogP contribution in [0.1, 0.15) is 29.2 Å². The van der Waals surface area contributed by atoms with Crippen molar-refractivity contribution in [1.82, 2.24) is 9.55 Å². The average Bonchev–Trinajstić information content (AvgIpc) is 3.44. The molecular weight excluding hydrogens is 487 g/mol. The van der Waals surface area contributed by atoms with Gasteiger partial charge in [0.2, 0.25) is 7.28 Å². The number of allylic oxidation sites excluding steroid dienone is 1. The number of nitrogens with zero attached hydrogens (tertiary/aromatic N) is 2. The van der Waals surface area contributed by atoms with Crippen molar-refractivity contribution in [2.45, 2.75) is 19.1 Å². The van der Waals surface area contributed by atoms with Gasteiger partial charge in [-0.2, -0.15) is 0 Å². The maximum atomic E-state index is 4.73. The topological polar surface area (TPSA) is 17.8 Å². The third-order valence-corrected chi connectivity index (χ3v) is 9.06. The maximum Gasteiger partial charge on any atom is 0.241 e. The second-order valence-electron chi connectivity index (χ2n) is 9.93. The quantitative estimate of drug-likeness (QED) is 0.139. The standard InChI is InChI=1S/C35H34BN2Si/c1-28(24-33(30-16-8-3-9-17-30)31-18-10-4-11-19-31)26-39-27-38-23-22-37-35(38)36-34(32-20-12-5-13-21-32)25-29-14-6-2-7-15-29/h2-25,28H,26-27,39H2,1H3. The van der Waals surface area contributed by atoms with Crippen molar-refractivity contribution in [3.05, 3.63) is 162 Å². The van der Waals surface area contributed by atoms with Crippen LogP contribution in [-0.4, -0.2) is 26.4 Å². The van der Waals surface area contributed by atoms with E-state index in [-0.39, 0.29) is 9.52 Å². The summed E-state index contributed by atoms with van der Waals surface area (Å²) in [6.07, 6.45) is 9.84. The predicted molar refractivity (Wildman–Crippen MR) is 171 cm³/mol. The van der Waals surface area contributed by atoms with Gasteiger partial charge in [-0.1, -0.05) is 152 Å². The first-order valence-corrected chi connectivity index (χ1v) is 15.8. The Morgan fingerprint density at radius 3 is 1.90 bits per heavy atom. The van der Waals surface area contributed by atoms with Crippen molar-refractivity contribution in [2.75, 3.05) is 0 Å². The van der Waals surface area contributed by atoms with Crippen LogP contribution in [0.2, 0.25) is 6.04 Å². The Bertz CT molecular complexity index is 1450. The van der Waals surface area contributed by atoms with Crippen LogP contribution in [0, 0.1) is 5.92 Å². The first-order chi connectivity index (χ1) is 19.3. The van der Waals surface area contributed by atoms with Crippen LogP contribution in [0.3, 0.4) is 0 Å². The summed E-state index contributed by atoms with van der Waals surface area (Å²) < 4.78 is 2.33. The van der Waals surface area contributed by atoms with E-state index in [1.54, 1.807) is 0 Å². The van der Waals surface area contributed by atoms with Crippen molar-refractivity contribution in [1.29, 1.82) is 0 Å². The number of rotatable bonds is 11. The molecule has 2 nitrogen and oxygen atoms in total. The van der Waals surface area contributed by atoms with Gasteiger partial charge in [-0.15, -0.1) is 0 Å². The van der Waals surface area contributed by atoms with Gasteiger partial charge in [0.05, 0.1) is 5.72 Å². The van der Waals surface area contributed by atoms with Crippen molar-refractivity contribution in [3.63, 3.8) is 0 Å². The lowest BCUT2D eigenvalue weighted by Gasteiger charge is -2.14. The highest BCUT2D eigenvalue weighted by Gasteiger charge is 2.12. The fourth-order valence-electron chi connectivity index (χ4n) is 4.90. The third kappa shape index (κ3) is 7.46.